The van der Waals surface area contributed by atoms with Crippen molar-refractivity contribution in [3.8, 4) is 0 Å². The SMILES string of the molecule is CC(C)NC(=O)c1nc(N2CCSCC2)c2cn(C)nc2n1. The molecule has 3 heterocycles. The molecule has 1 aliphatic heterocycles. The molecule has 0 unspecified atom stereocenters. The van der Waals surface area contributed by atoms with Crippen molar-refractivity contribution in [3.63, 3.8) is 0 Å². The van der Waals surface area contributed by atoms with Crippen molar-refractivity contribution in [1.29, 1.82) is 0 Å². The van der Waals surface area contributed by atoms with E-state index in [0.29, 0.717) is 5.65 Å². The lowest BCUT2D eigenvalue weighted by Crippen LogP contribution is -2.35. The van der Waals surface area contributed by atoms with E-state index in [-0.39, 0.29) is 17.8 Å². The summed E-state index contributed by atoms with van der Waals surface area (Å²) in [6.07, 6.45) is 1.91. The van der Waals surface area contributed by atoms with Crippen LogP contribution in [0.4, 0.5) is 5.82 Å². The first kappa shape index (κ1) is 15.1. The number of aromatic nitrogens is 4. The monoisotopic (exact) mass is 320 g/mol. The molecule has 1 saturated heterocycles. The molecule has 118 valence electrons. The molecule has 0 atom stereocenters. The summed E-state index contributed by atoms with van der Waals surface area (Å²) < 4.78 is 1.71. The Bertz CT molecular complexity index is 692. The Morgan fingerprint density at radius 3 is 2.73 bits per heavy atom. The Morgan fingerprint density at radius 1 is 1.32 bits per heavy atom. The van der Waals surface area contributed by atoms with Gasteiger partial charge < -0.3 is 10.2 Å². The normalized spacial score (nSPS) is 15.5. The Hall–Kier alpha value is -1.83. The molecule has 1 fully saturated rings. The lowest BCUT2D eigenvalue weighted by Gasteiger charge is -2.27. The summed E-state index contributed by atoms with van der Waals surface area (Å²) in [5.41, 5.74) is 0.569. The van der Waals surface area contributed by atoms with Crippen molar-refractivity contribution >= 4 is 34.5 Å². The lowest BCUT2D eigenvalue weighted by molar-refractivity contribution is 0.0933. The van der Waals surface area contributed by atoms with Crippen LogP contribution in [0.1, 0.15) is 24.5 Å². The second-order valence-electron chi connectivity index (χ2n) is 5.64. The maximum absolute atomic E-state index is 12.2. The third kappa shape index (κ3) is 3.01. The predicted octanol–water partition coefficient (Wildman–Crippen LogP) is 1.05. The molecule has 0 radical (unpaired) electrons. The number of hydrogen-bond acceptors (Lipinski definition) is 6. The number of hydrogen-bond donors (Lipinski definition) is 1. The topological polar surface area (TPSA) is 75.9 Å². The standard InChI is InChI=1S/C14H20N6OS/c1-9(2)15-14(21)12-16-11-10(8-19(3)18-11)13(17-12)20-4-6-22-7-5-20/h8-9H,4-7H2,1-3H3,(H,15,21). The van der Waals surface area contributed by atoms with Crippen LogP contribution in [-0.2, 0) is 7.05 Å². The Balaban J connectivity index is 2.05. The fourth-order valence-electron chi connectivity index (χ4n) is 2.45. The van der Waals surface area contributed by atoms with Crippen LogP contribution in [-0.4, -0.2) is 56.3 Å². The minimum absolute atomic E-state index is 0.0466. The maximum atomic E-state index is 12.2. The largest absolute Gasteiger partial charge is 0.354 e. The smallest absolute Gasteiger partial charge is 0.289 e. The Morgan fingerprint density at radius 2 is 2.05 bits per heavy atom. The molecule has 0 aromatic carbocycles. The average molecular weight is 320 g/mol. The van der Waals surface area contributed by atoms with Crippen LogP contribution in [0, 0.1) is 0 Å². The number of fused-ring (bicyclic) bond motifs is 1. The van der Waals surface area contributed by atoms with Gasteiger partial charge in [-0.15, -0.1) is 0 Å². The number of rotatable bonds is 3. The van der Waals surface area contributed by atoms with Crippen LogP contribution >= 0.6 is 11.8 Å². The molecule has 1 amide bonds. The van der Waals surface area contributed by atoms with Crippen LogP contribution in [0.5, 0.6) is 0 Å². The van der Waals surface area contributed by atoms with Gasteiger partial charge in [0.05, 0.1) is 5.39 Å². The highest BCUT2D eigenvalue weighted by Gasteiger charge is 2.21. The van der Waals surface area contributed by atoms with Gasteiger partial charge in [0.2, 0.25) is 5.82 Å². The summed E-state index contributed by atoms with van der Waals surface area (Å²) in [6, 6.07) is 0.0466. The van der Waals surface area contributed by atoms with E-state index in [4.69, 9.17) is 0 Å². The molecule has 7 nitrogen and oxygen atoms in total. The van der Waals surface area contributed by atoms with Crippen LogP contribution in [0.3, 0.4) is 0 Å². The first-order chi connectivity index (χ1) is 10.5. The van der Waals surface area contributed by atoms with Crippen LogP contribution in [0.15, 0.2) is 6.20 Å². The van der Waals surface area contributed by atoms with E-state index in [1.165, 1.54) is 0 Å². The third-order valence-corrected chi connectivity index (χ3v) is 4.35. The van der Waals surface area contributed by atoms with Gasteiger partial charge in [-0.3, -0.25) is 9.48 Å². The number of aryl methyl sites for hydroxylation is 1. The van der Waals surface area contributed by atoms with Crippen LogP contribution in [0.2, 0.25) is 0 Å². The fourth-order valence-corrected chi connectivity index (χ4v) is 3.35. The molecule has 0 aliphatic carbocycles. The molecule has 2 aromatic heterocycles. The van der Waals surface area contributed by atoms with Crippen molar-refractivity contribution in [2.45, 2.75) is 19.9 Å². The van der Waals surface area contributed by atoms with Gasteiger partial charge in [0, 0.05) is 43.9 Å². The minimum atomic E-state index is -0.254. The van der Waals surface area contributed by atoms with Crippen molar-refractivity contribution < 1.29 is 4.79 Å². The van der Waals surface area contributed by atoms with E-state index in [1.54, 1.807) is 4.68 Å². The van der Waals surface area contributed by atoms with Crippen molar-refractivity contribution in [1.82, 2.24) is 25.1 Å². The van der Waals surface area contributed by atoms with Crippen molar-refractivity contribution in [2.75, 3.05) is 29.5 Å². The minimum Gasteiger partial charge on any atom is -0.354 e. The van der Waals surface area contributed by atoms with Gasteiger partial charge in [0.25, 0.3) is 5.91 Å². The molecule has 1 aliphatic rings. The zero-order valence-electron chi connectivity index (χ0n) is 13.0. The lowest BCUT2D eigenvalue weighted by atomic mass is 10.3. The van der Waals surface area contributed by atoms with Crippen molar-refractivity contribution in [2.24, 2.45) is 7.05 Å². The van der Waals surface area contributed by atoms with Gasteiger partial charge in [0.1, 0.15) is 5.82 Å². The molecule has 0 bridgehead atoms. The van der Waals surface area contributed by atoms with E-state index in [0.717, 1.165) is 35.8 Å². The quantitative estimate of drug-likeness (QED) is 0.911. The van der Waals surface area contributed by atoms with Gasteiger partial charge in [-0.25, -0.2) is 9.97 Å². The van der Waals surface area contributed by atoms with Crippen LogP contribution in [0.25, 0.3) is 11.0 Å². The molecular weight excluding hydrogens is 300 g/mol. The highest BCUT2D eigenvalue weighted by Crippen LogP contribution is 2.25. The molecule has 1 N–H and O–H groups in total. The molecule has 2 aromatic rings. The van der Waals surface area contributed by atoms with Crippen molar-refractivity contribution in [3.05, 3.63) is 12.0 Å². The molecular formula is C14H20N6OS. The first-order valence-electron chi connectivity index (χ1n) is 7.39. The highest BCUT2D eigenvalue weighted by molar-refractivity contribution is 7.99. The zero-order chi connectivity index (χ0) is 15.7. The maximum Gasteiger partial charge on any atom is 0.289 e. The summed E-state index contributed by atoms with van der Waals surface area (Å²) in [7, 11) is 1.85. The van der Waals surface area contributed by atoms with Gasteiger partial charge >= 0.3 is 0 Å². The summed E-state index contributed by atoms with van der Waals surface area (Å²) in [4.78, 5) is 23.3. The molecule has 0 spiro atoms. The molecule has 22 heavy (non-hydrogen) atoms. The van der Waals surface area contributed by atoms with Crippen LogP contribution < -0.4 is 10.2 Å². The molecule has 0 saturated carbocycles. The van der Waals surface area contributed by atoms with E-state index >= 15 is 0 Å². The Labute approximate surface area is 133 Å². The fraction of sp³-hybridized carbons (Fsp3) is 0.571. The number of amides is 1. The van der Waals surface area contributed by atoms with Gasteiger partial charge in [-0.2, -0.15) is 16.9 Å². The number of thioether (sulfide) groups is 1. The summed E-state index contributed by atoms with van der Waals surface area (Å²) in [6.45, 7) is 5.69. The Kier molecular flexibility index (Phi) is 4.19. The third-order valence-electron chi connectivity index (χ3n) is 3.41. The first-order valence-corrected chi connectivity index (χ1v) is 8.55. The average Bonchev–Trinajstić information content (AvgIpc) is 2.86. The summed E-state index contributed by atoms with van der Waals surface area (Å²) in [5.74, 6) is 2.88. The predicted molar refractivity (Wildman–Crippen MR) is 88.4 cm³/mol. The van der Waals surface area contributed by atoms with E-state index in [9.17, 15) is 4.79 Å². The summed E-state index contributed by atoms with van der Waals surface area (Å²) in [5, 5.41) is 8.08. The number of nitrogens with one attached hydrogen (secondary N) is 1. The van der Waals surface area contributed by atoms with E-state index in [2.05, 4.69) is 25.3 Å². The zero-order valence-corrected chi connectivity index (χ0v) is 13.9. The number of anilines is 1. The summed E-state index contributed by atoms with van der Waals surface area (Å²) >= 11 is 1.94. The van der Waals surface area contributed by atoms with Gasteiger partial charge in [-0.05, 0) is 13.8 Å². The number of carbonyl (C=O) groups excluding carboxylic acids is 1. The van der Waals surface area contributed by atoms with Gasteiger partial charge in [-0.1, -0.05) is 0 Å². The van der Waals surface area contributed by atoms with E-state index in [1.807, 2.05) is 38.9 Å². The second kappa shape index (κ2) is 6.12. The highest BCUT2D eigenvalue weighted by atomic mass is 32.2. The molecule has 3 rings (SSSR count). The van der Waals surface area contributed by atoms with E-state index < -0.39 is 0 Å². The molecule has 8 heteroatoms. The number of nitrogens with zero attached hydrogens (tertiary/aromatic N) is 5. The van der Waals surface area contributed by atoms with Gasteiger partial charge in [0.15, 0.2) is 5.65 Å². The number of carbonyl (C=O) groups is 1. The second-order valence-corrected chi connectivity index (χ2v) is 6.86.